The molecule has 72 valence electrons. The standard InChI is InChI=1S/C11H15FO/c1-3-11(13)8(2)9-4-6-10(12)7-5-9/h4-8,11,13H,3H2,1-2H3/t8-,11-/m0/s1. The summed E-state index contributed by atoms with van der Waals surface area (Å²) >= 11 is 0. The van der Waals surface area contributed by atoms with E-state index in [0.29, 0.717) is 0 Å². The van der Waals surface area contributed by atoms with Crippen LogP contribution in [0.15, 0.2) is 24.3 Å². The molecule has 2 heteroatoms. The first-order valence-corrected chi connectivity index (χ1v) is 4.58. The molecule has 0 aliphatic carbocycles. The third kappa shape index (κ3) is 2.52. The Labute approximate surface area is 78.2 Å². The molecule has 0 unspecified atom stereocenters. The van der Waals surface area contributed by atoms with Crippen LogP contribution in [0, 0.1) is 5.82 Å². The van der Waals surface area contributed by atoms with Gasteiger partial charge in [0.15, 0.2) is 0 Å². The van der Waals surface area contributed by atoms with Crippen LogP contribution in [0.25, 0.3) is 0 Å². The molecule has 1 aromatic rings. The lowest BCUT2D eigenvalue weighted by atomic mass is 9.94. The lowest BCUT2D eigenvalue weighted by molar-refractivity contribution is 0.145. The number of benzene rings is 1. The van der Waals surface area contributed by atoms with Gasteiger partial charge in [-0.3, -0.25) is 0 Å². The predicted molar refractivity (Wildman–Crippen MR) is 51.1 cm³/mol. The normalized spacial score (nSPS) is 15.4. The van der Waals surface area contributed by atoms with Crippen molar-refractivity contribution in [1.82, 2.24) is 0 Å². The summed E-state index contributed by atoms with van der Waals surface area (Å²) in [6.07, 6.45) is 0.379. The molecule has 1 N–H and O–H groups in total. The van der Waals surface area contributed by atoms with Crippen LogP contribution in [0.2, 0.25) is 0 Å². The largest absolute Gasteiger partial charge is 0.393 e. The van der Waals surface area contributed by atoms with Crippen molar-refractivity contribution in [2.24, 2.45) is 0 Å². The van der Waals surface area contributed by atoms with Crippen molar-refractivity contribution in [1.29, 1.82) is 0 Å². The zero-order chi connectivity index (χ0) is 9.84. The van der Waals surface area contributed by atoms with Crippen LogP contribution in [-0.4, -0.2) is 11.2 Å². The highest BCUT2D eigenvalue weighted by Crippen LogP contribution is 2.20. The van der Waals surface area contributed by atoms with Gasteiger partial charge in [0.1, 0.15) is 5.82 Å². The highest BCUT2D eigenvalue weighted by molar-refractivity contribution is 5.20. The van der Waals surface area contributed by atoms with E-state index in [1.807, 2.05) is 13.8 Å². The van der Waals surface area contributed by atoms with Gasteiger partial charge in [-0.25, -0.2) is 4.39 Å². The maximum absolute atomic E-state index is 12.6. The van der Waals surface area contributed by atoms with Gasteiger partial charge in [-0.15, -0.1) is 0 Å². The van der Waals surface area contributed by atoms with Crippen molar-refractivity contribution in [2.45, 2.75) is 32.3 Å². The summed E-state index contributed by atoms with van der Waals surface area (Å²) in [4.78, 5) is 0. The number of aliphatic hydroxyl groups excluding tert-OH is 1. The average Bonchev–Trinajstić information content (AvgIpc) is 2.17. The molecule has 1 aromatic carbocycles. The molecule has 0 saturated carbocycles. The zero-order valence-electron chi connectivity index (χ0n) is 8.00. The van der Waals surface area contributed by atoms with Gasteiger partial charge in [-0.1, -0.05) is 26.0 Å². The molecule has 0 amide bonds. The molecule has 0 fully saturated rings. The molecule has 1 rings (SSSR count). The molecule has 0 bridgehead atoms. The van der Waals surface area contributed by atoms with E-state index in [1.165, 1.54) is 12.1 Å². The van der Waals surface area contributed by atoms with Crippen molar-refractivity contribution in [3.8, 4) is 0 Å². The Hall–Kier alpha value is -0.890. The van der Waals surface area contributed by atoms with Gasteiger partial charge in [-0.2, -0.15) is 0 Å². The SMILES string of the molecule is CC[C@H](O)[C@@H](C)c1ccc(F)cc1. The van der Waals surface area contributed by atoms with Crippen molar-refractivity contribution < 1.29 is 9.50 Å². The first kappa shape index (κ1) is 10.2. The fraction of sp³-hybridized carbons (Fsp3) is 0.455. The lowest BCUT2D eigenvalue weighted by Crippen LogP contribution is -2.14. The fourth-order valence-electron chi connectivity index (χ4n) is 1.34. The zero-order valence-corrected chi connectivity index (χ0v) is 8.00. The van der Waals surface area contributed by atoms with E-state index >= 15 is 0 Å². The molecule has 0 aliphatic heterocycles. The number of hydrogen-bond acceptors (Lipinski definition) is 1. The number of aliphatic hydroxyl groups is 1. The second-order valence-electron chi connectivity index (χ2n) is 3.32. The second-order valence-corrected chi connectivity index (χ2v) is 3.32. The van der Waals surface area contributed by atoms with Gasteiger partial charge >= 0.3 is 0 Å². The minimum atomic E-state index is -0.342. The molecule has 0 radical (unpaired) electrons. The Balaban J connectivity index is 2.77. The van der Waals surface area contributed by atoms with Gasteiger partial charge in [-0.05, 0) is 24.1 Å². The topological polar surface area (TPSA) is 20.2 Å². The van der Waals surface area contributed by atoms with Crippen molar-refractivity contribution in [2.75, 3.05) is 0 Å². The van der Waals surface area contributed by atoms with Crippen LogP contribution in [0.5, 0.6) is 0 Å². The third-order valence-electron chi connectivity index (χ3n) is 2.39. The summed E-state index contributed by atoms with van der Waals surface area (Å²) < 4.78 is 12.6. The van der Waals surface area contributed by atoms with Crippen LogP contribution in [-0.2, 0) is 0 Å². The second kappa shape index (κ2) is 4.38. The Kier molecular flexibility index (Phi) is 3.43. The average molecular weight is 182 g/mol. The maximum Gasteiger partial charge on any atom is 0.123 e. The number of rotatable bonds is 3. The fourth-order valence-corrected chi connectivity index (χ4v) is 1.34. The van der Waals surface area contributed by atoms with Crippen molar-refractivity contribution in [3.63, 3.8) is 0 Å². The summed E-state index contributed by atoms with van der Waals surface area (Å²) in [5, 5.41) is 9.56. The molecule has 13 heavy (non-hydrogen) atoms. The van der Waals surface area contributed by atoms with Crippen molar-refractivity contribution >= 4 is 0 Å². The van der Waals surface area contributed by atoms with E-state index in [2.05, 4.69) is 0 Å². The highest BCUT2D eigenvalue weighted by atomic mass is 19.1. The van der Waals surface area contributed by atoms with Gasteiger partial charge in [0, 0.05) is 5.92 Å². The first-order chi connectivity index (χ1) is 6.15. The molecule has 0 aliphatic rings. The summed E-state index contributed by atoms with van der Waals surface area (Å²) in [6, 6.07) is 6.29. The van der Waals surface area contributed by atoms with Gasteiger partial charge in [0.2, 0.25) is 0 Å². The first-order valence-electron chi connectivity index (χ1n) is 4.58. The quantitative estimate of drug-likeness (QED) is 0.762. The molecule has 0 aromatic heterocycles. The lowest BCUT2D eigenvalue weighted by Gasteiger charge is -2.17. The van der Waals surface area contributed by atoms with Gasteiger partial charge in [0.25, 0.3) is 0 Å². The van der Waals surface area contributed by atoms with Crippen LogP contribution in [0.1, 0.15) is 31.7 Å². The Bertz CT molecular complexity index is 255. The third-order valence-corrected chi connectivity index (χ3v) is 2.39. The summed E-state index contributed by atoms with van der Waals surface area (Å²) in [6.45, 7) is 3.88. The monoisotopic (exact) mass is 182 g/mol. The molecular formula is C11H15FO. The molecular weight excluding hydrogens is 167 g/mol. The van der Waals surface area contributed by atoms with E-state index in [-0.39, 0.29) is 17.8 Å². The van der Waals surface area contributed by atoms with E-state index in [0.717, 1.165) is 12.0 Å². The van der Waals surface area contributed by atoms with Crippen LogP contribution >= 0.6 is 0 Å². The smallest absolute Gasteiger partial charge is 0.123 e. The van der Waals surface area contributed by atoms with Crippen LogP contribution in [0.3, 0.4) is 0 Å². The van der Waals surface area contributed by atoms with Gasteiger partial charge < -0.3 is 5.11 Å². The Morgan fingerprint density at radius 3 is 2.31 bits per heavy atom. The predicted octanol–water partition coefficient (Wildman–Crippen LogP) is 2.70. The molecule has 1 nitrogen and oxygen atoms in total. The molecule has 2 atom stereocenters. The summed E-state index contributed by atoms with van der Waals surface area (Å²) in [5.41, 5.74) is 0.982. The number of halogens is 1. The Morgan fingerprint density at radius 2 is 1.85 bits per heavy atom. The maximum atomic E-state index is 12.6. The minimum absolute atomic E-state index is 0.0746. The molecule has 0 heterocycles. The summed E-state index contributed by atoms with van der Waals surface area (Å²) in [7, 11) is 0. The van der Waals surface area contributed by atoms with E-state index in [1.54, 1.807) is 12.1 Å². The van der Waals surface area contributed by atoms with Gasteiger partial charge in [0.05, 0.1) is 6.10 Å². The minimum Gasteiger partial charge on any atom is -0.393 e. The van der Waals surface area contributed by atoms with Crippen LogP contribution < -0.4 is 0 Å². The van der Waals surface area contributed by atoms with Crippen molar-refractivity contribution in [3.05, 3.63) is 35.6 Å². The molecule has 0 saturated heterocycles. The number of hydrogen-bond donors (Lipinski definition) is 1. The summed E-state index contributed by atoms with van der Waals surface area (Å²) in [5.74, 6) is -0.160. The van der Waals surface area contributed by atoms with Crippen LogP contribution in [0.4, 0.5) is 4.39 Å². The Morgan fingerprint density at radius 1 is 1.31 bits per heavy atom. The highest BCUT2D eigenvalue weighted by Gasteiger charge is 2.13. The molecule has 0 spiro atoms. The van der Waals surface area contributed by atoms with E-state index in [9.17, 15) is 9.50 Å². The van der Waals surface area contributed by atoms with E-state index < -0.39 is 0 Å². The van der Waals surface area contributed by atoms with E-state index in [4.69, 9.17) is 0 Å².